The first-order valence-electron chi connectivity index (χ1n) is 3.63. The fourth-order valence-corrected chi connectivity index (χ4v) is 1.95. The molecule has 1 aliphatic rings. The molecule has 0 aromatic carbocycles. The van der Waals surface area contributed by atoms with Gasteiger partial charge < -0.3 is 5.32 Å². The highest BCUT2D eigenvalue weighted by atomic mass is 35.5. The van der Waals surface area contributed by atoms with E-state index >= 15 is 0 Å². The molecule has 1 aromatic heterocycles. The van der Waals surface area contributed by atoms with Crippen LogP contribution < -0.4 is 5.32 Å². The van der Waals surface area contributed by atoms with Crippen LogP contribution in [-0.4, -0.2) is 9.97 Å². The third-order valence-corrected chi connectivity index (χ3v) is 2.42. The Balaban J connectivity index is 2.60. The lowest BCUT2D eigenvalue weighted by atomic mass is 10.2. The summed E-state index contributed by atoms with van der Waals surface area (Å²) in [7, 11) is 0. The molecular formula is C7H7Cl2N3. The highest BCUT2D eigenvalue weighted by Gasteiger charge is 2.23. The van der Waals surface area contributed by atoms with Gasteiger partial charge in [0.1, 0.15) is 5.15 Å². The van der Waals surface area contributed by atoms with Gasteiger partial charge in [-0.25, -0.2) is 9.97 Å². The Morgan fingerprint density at radius 1 is 1.42 bits per heavy atom. The topological polar surface area (TPSA) is 37.8 Å². The second-order valence-electron chi connectivity index (χ2n) is 2.75. The summed E-state index contributed by atoms with van der Waals surface area (Å²) in [6, 6.07) is 0.227. The van der Waals surface area contributed by atoms with Crippen molar-refractivity contribution in [3.8, 4) is 0 Å². The highest BCUT2D eigenvalue weighted by molar-refractivity contribution is 6.32. The summed E-state index contributed by atoms with van der Waals surface area (Å²) in [6.07, 6.45) is 0. The summed E-state index contributed by atoms with van der Waals surface area (Å²) in [5.41, 5.74) is 1.88. The van der Waals surface area contributed by atoms with Crippen LogP contribution in [0, 0.1) is 0 Å². The Morgan fingerprint density at radius 2 is 2.17 bits per heavy atom. The number of hydrogen-bond acceptors (Lipinski definition) is 3. The molecule has 0 fully saturated rings. The zero-order valence-corrected chi connectivity index (χ0v) is 7.95. The van der Waals surface area contributed by atoms with Crippen molar-refractivity contribution < 1.29 is 0 Å². The normalized spacial score (nSPS) is 21.1. The van der Waals surface area contributed by atoms with E-state index in [2.05, 4.69) is 15.3 Å². The van der Waals surface area contributed by atoms with Crippen LogP contribution in [0.15, 0.2) is 0 Å². The molecular weight excluding hydrogens is 197 g/mol. The lowest BCUT2D eigenvalue weighted by Crippen LogP contribution is -2.07. The summed E-state index contributed by atoms with van der Waals surface area (Å²) >= 11 is 11.5. The van der Waals surface area contributed by atoms with E-state index in [9.17, 15) is 0 Å². The smallest absolute Gasteiger partial charge is 0.224 e. The molecule has 2 rings (SSSR count). The minimum Gasteiger partial charge on any atom is -0.304 e. The second kappa shape index (κ2) is 2.83. The van der Waals surface area contributed by atoms with E-state index in [1.807, 2.05) is 6.92 Å². The third kappa shape index (κ3) is 1.18. The van der Waals surface area contributed by atoms with Crippen molar-refractivity contribution in [1.82, 2.24) is 15.3 Å². The van der Waals surface area contributed by atoms with Crippen LogP contribution in [0.3, 0.4) is 0 Å². The lowest BCUT2D eigenvalue weighted by Gasteiger charge is -2.04. The maximum atomic E-state index is 5.89. The van der Waals surface area contributed by atoms with Gasteiger partial charge in [-0.3, -0.25) is 0 Å². The van der Waals surface area contributed by atoms with Crippen LogP contribution >= 0.6 is 23.2 Å². The Morgan fingerprint density at radius 3 is 2.92 bits per heavy atom. The molecule has 0 spiro atoms. The minimum absolute atomic E-state index is 0.217. The van der Waals surface area contributed by atoms with Gasteiger partial charge in [-0.2, -0.15) is 0 Å². The molecule has 1 aliphatic heterocycles. The second-order valence-corrected chi connectivity index (χ2v) is 3.44. The van der Waals surface area contributed by atoms with E-state index < -0.39 is 0 Å². The summed E-state index contributed by atoms with van der Waals surface area (Å²) in [5.74, 6) is 0. The van der Waals surface area contributed by atoms with Gasteiger partial charge in [-0.15, -0.1) is 0 Å². The van der Waals surface area contributed by atoms with Crippen LogP contribution in [0.2, 0.25) is 10.4 Å². The van der Waals surface area contributed by atoms with E-state index in [0.717, 1.165) is 17.8 Å². The van der Waals surface area contributed by atoms with Gasteiger partial charge in [-0.05, 0) is 18.5 Å². The zero-order chi connectivity index (χ0) is 8.72. The largest absolute Gasteiger partial charge is 0.304 e. The standard InChI is InChI=1S/C7H7Cl2N3/c1-3-5-4(2-10-3)11-7(9)12-6(5)8/h3,10H,2H2,1H3. The molecule has 1 unspecified atom stereocenters. The minimum atomic E-state index is 0.217. The Hall–Kier alpha value is -0.380. The van der Waals surface area contributed by atoms with E-state index in [0.29, 0.717) is 5.15 Å². The molecule has 12 heavy (non-hydrogen) atoms. The average molecular weight is 204 g/mol. The Labute approximate surface area is 80.1 Å². The molecule has 1 atom stereocenters. The number of nitrogens with one attached hydrogen (secondary N) is 1. The first kappa shape index (κ1) is 8.23. The van der Waals surface area contributed by atoms with E-state index in [-0.39, 0.29) is 11.3 Å². The Bertz CT molecular complexity index is 327. The van der Waals surface area contributed by atoms with Crippen molar-refractivity contribution >= 4 is 23.2 Å². The Kier molecular flexibility index (Phi) is 1.94. The summed E-state index contributed by atoms with van der Waals surface area (Å²) in [6.45, 7) is 2.74. The monoisotopic (exact) mass is 203 g/mol. The van der Waals surface area contributed by atoms with E-state index in [1.165, 1.54) is 0 Å². The molecule has 0 amide bonds. The molecule has 1 aromatic rings. The van der Waals surface area contributed by atoms with Crippen LogP contribution in [-0.2, 0) is 6.54 Å². The van der Waals surface area contributed by atoms with Gasteiger partial charge in [0.25, 0.3) is 0 Å². The zero-order valence-electron chi connectivity index (χ0n) is 6.43. The molecule has 2 heterocycles. The van der Waals surface area contributed by atoms with E-state index in [4.69, 9.17) is 23.2 Å². The maximum absolute atomic E-state index is 5.89. The first-order chi connectivity index (χ1) is 5.68. The fourth-order valence-electron chi connectivity index (χ4n) is 1.37. The molecule has 0 saturated carbocycles. The van der Waals surface area contributed by atoms with Crippen molar-refractivity contribution in [3.05, 3.63) is 21.7 Å². The number of hydrogen-bond donors (Lipinski definition) is 1. The summed E-state index contributed by atoms with van der Waals surface area (Å²) < 4.78 is 0. The van der Waals surface area contributed by atoms with Crippen molar-refractivity contribution in [1.29, 1.82) is 0 Å². The molecule has 1 N–H and O–H groups in total. The molecule has 3 nitrogen and oxygen atoms in total. The van der Waals surface area contributed by atoms with Gasteiger partial charge in [0.05, 0.1) is 5.69 Å². The predicted molar refractivity (Wildman–Crippen MR) is 47.3 cm³/mol. The number of rotatable bonds is 0. The average Bonchev–Trinajstić information content (AvgIpc) is 2.31. The molecule has 0 radical (unpaired) electrons. The summed E-state index contributed by atoms with van der Waals surface area (Å²) in [4.78, 5) is 7.95. The molecule has 64 valence electrons. The van der Waals surface area contributed by atoms with Gasteiger partial charge in [0, 0.05) is 18.2 Å². The van der Waals surface area contributed by atoms with Gasteiger partial charge in [-0.1, -0.05) is 11.6 Å². The first-order valence-corrected chi connectivity index (χ1v) is 4.39. The quantitative estimate of drug-likeness (QED) is 0.518. The maximum Gasteiger partial charge on any atom is 0.224 e. The van der Waals surface area contributed by atoms with Gasteiger partial charge >= 0.3 is 0 Å². The molecule has 0 saturated heterocycles. The number of fused-ring (bicyclic) bond motifs is 1. The molecule has 0 aliphatic carbocycles. The van der Waals surface area contributed by atoms with Crippen molar-refractivity contribution in [2.45, 2.75) is 19.5 Å². The predicted octanol–water partition coefficient (Wildman–Crippen LogP) is 1.95. The van der Waals surface area contributed by atoms with Crippen molar-refractivity contribution in [3.63, 3.8) is 0 Å². The number of halogens is 2. The van der Waals surface area contributed by atoms with Crippen molar-refractivity contribution in [2.24, 2.45) is 0 Å². The summed E-state index contributed by atoms with van der Waals surface area (Å²) in [5, 5.41) is 3.89. The van der Waals surface area contributed by atoms with Crippen molar-refractivity contribution in [2.75, 3.05) is 0 Å². The third-order valence-electron chi connectivity index (χ3n) is 1.96. The SMILES string of the molecule is CC1NCc2nc(Cl)nc(Cl)c21. The van der Waals surface area contributed by atoms with Gasteiger partial charge in [0.15, 0.2) is 0 Å². The van der Waals surface area contributed by atoms with Crippen LogP contribution in [0.25, 0.3) is 0 Å². The van der Waals surface area contributed by atoms with Crippen LogP contribution in [0.1, 0.15) is 24.2 Å². The van der Waals surface area contributed by atoms with Gasteiger partial charge in [0.2, 0.25) is 5.28 Å². The van der Waals surface area contributed by atoms with Crippen LogP contribution in [0.4, 0.5) is 0 Å². The molecule has 0 bridgehead atoms. The van der Waals surface area contributed by atoms with Crippen LogP contribution in [0.5, 0.6) is 0 Å². The number of nitrogens with zero attached hydrogens (tertiary/aromatic N) is 2. The fraction of sp³-hybridized carbons (Fsp3) is 0.429. The molecule has 5 heteroatoms. The highest BCUT2D eigenvalue weighted by Crippen LogP contribution is 2.29. The number of aromatic nitrogens is 2. The lowest BCUT2D eigenvalue weighted by molar-refractivity contribution is 0.631. The van der Waals surface area contributed by atoms with E-state index in [1.54, 1.807) is 0 Å².